The van der Waals surface area contributed by atoms with Gasteiger partial charge in [0.2, 0.25) is 0 Å². The predicted octanol–water partition coefficient (Wildman–Crippen LogP) is 12.6. The van der Waals surface area contributed by atoms with Crippen molar-refractivity contribution in [3.8, 4) is 124 Å². The van der Waals surface area contributed by atoms with Gasteiger partial charge in [0.25, 0.3) is 0 Å². The van der Waals surface area contributed by atoms with Gasteiger partial charge in [-0.15, -0.1) is 0 Å². The zero-order chi connectivity index (χ0) is 40.2. The number of rotatable bonds is 0. The van der Waals surface area contributed by atoms with Crippen molar-refractivity contribution in [3.05, 3.63) is 169 Å². The molecule has 0 saturated heterocycles. The van der Waals surface area contributed by atoms with Crippen LogP contribution in [0.2, 0.25) is 0 Å². The van der Waals surface area contributed by atoms with Crippen molar-refractivity contribution in [2.24, 2.45) is 0 Å². The van der Waals surface area contributed by atoms with Gasteiger partial charge in [-0.25, -0.2) is 0 Å². The van der Waals surface area contributed by atoms with Crippen LogP contribution in [0.3, 0.4) is 0 Å². The van der Waals surface area contributed by atoms with E-state index in [4.69, 9.17) is 18.9 Å². The van der Waals surface area contributed by atoms with Crippen LogP contribution in [0.1, 0.15) is 11.1 Å². The van der Waals surface area contributed by atoms with Gasteiger partial charge in [0.15, 0.2) is 0 Å². The molecular weight excluding hydrogens is 741 g/mol. The van der Waals surface area contributed by atoms with E-state index in [2.05, 4.69) is 109 Å². The van der Waals surface area contributed by atoms with E-state index in [-0.39, 0.29) is 0 Å². The average molecular weight is 775 g/mol. The minimum absolute atomic E-state index is 0.317. The molecule has 20 rings (SSSR count). The molecule has 10 heterocycles. The lowest BCUT2D eigenvalue weighted by Crippen LogP contribution is -2.10. The summed E-state index contributed by atoms with van der Waals surface area (Å²) in [5, 5.41) is 20.0. The molecule has 60 heavy (non-hydrogen) atoms. The molecule has 284 valence electrons. The molecule has 10 aliphatic heterocycles. The van der Waals surface area contributed by atoms with Crippen molar-refractivity contribution in [1.82, 2.24) is 0 Å². The Morgan fingerprint density at radius 3 is 0.800 bits per heavy atom. The first-order chi connectivity index (χ1) is 29.6. The highest BCUT2D eigenvalue weighted by atomic mass is 16.5. The molecule has 0 radical (unpaired) electrons. The summed E-state index contributed by atoms with van der Waals surface area (Å²) in [6, 6.07) is 58.2. The molecular formula is C54H34N2O4. The predicted molar refractivity (Wildman–Crippen MR) is 235 cm³/mol. The van der Waals surface area contributed by atoms with Crippen molar-refractivity contribution in [1.29, 1.82) is 10.5 Å². The zero-order valence-electron chi connectivity index (χ0n) is 32.4. The zero-order valence-corrected chi connectivity index (χ0v) is 32.4. The molecule has 0 aromatic heterocycles. The van der Waals surface area contributed by atoms with Crippen LogP contribution in [0, 0.1) is 22.7 Å². The molecule has 6 nitrogen and oxygen atoms in total. The summed E-state index contributed by atoms with van der Waals surface area (Å²) < 4.78 is 25.7. The summed E-state index contributed by atoms with van der Waals surface area (Å²) in [7, 11) is 0. The molecule has 0 N–H and O–H groups in total. The van der Waals surface area contributed by atoms with Crippen LogP contribution in [0.25, 0.3) is 89.0 Å². The van der Waals surface area contributed by atoms with Crippen LogP contribution in [-0.4, -0.2) is 26.4 Å². The molecule has 0 unspecified atom stereocenters. The average Bonchev–Trinajstić information content (AvgIpc) is 3.30. The molecule has 0 spiro atoms. The smallest absolute Gasteiger partial charge is 0.122 e. The Morgan fingerprint density at radius 1 is 0.267 bits per heavy atom. The number of nitrogens with zero attached hydrogens (tertiary/aromatic N) is 2. The summed E-state index contributed by atoms with van der Waals surface area (Å²) in [5.41, 5.74) is 17.6. The van der Waals surface area contributed by atoms with Crippen LogP contribution in [0.15, 0.2) is 158 Å². The van der Waals surface area contributed by atoms with Gasteiger partial charge in [0.05, 0.1) is 23.3 Å². The van der Waals surface area contributed by atoms with E-state index in [9.17, 15) is 10.5 Å². The Labute approximate surface area is 347 Å². The molecule has 8 aromatic carbocycles. The Morgan fingerprint density at radius 2 is 0.500 bits per heavy atom. The van der Waals surface area contributed by atoms with Crippen LogP contribution in [0.4, 0.5) is 0 Å². The molecule has 6 heteroatoms. The van der Waals surface area contributed by atoms with Crippen molar-refractivity contribution < 1.29 is 18.9 Å². The van der Waals surface area contributed by atoms with Crippen molar-refractivity contribution in [2.75, 3.05) is 26.4 Å². The van der Waals surface area contributed by atoms with Crippen LogP contribution in [-0.2, 0) is 0 Å². The summed E-state index contributed by atoms with van der Waals surface area (Å²) in [6.07, 6.45) is 0. The van der Waals surface area contributed by atoms with Crippen LogP contribution in [0.5, 0.6) is 23.0 Å². The van der Waals surface area contributed by atoms with Gasteiger partial charge in [-0.2, -0.15) is 10.5 Å². The maximum atomic E-state index is 10.0. The molecule has 0 atom stereocenters. The van der Waals surface area contributed by atoms with E-state index in [0.717, 1.165) is 101 Å². The fourth-order valence-corrected chi connectivity index (χ4v) is 8.97. The number of hydrogen-bond acceptors (Lipinski definition) is 6. The minimum Gasteiger partial charge on any atom is -0.490 e. The molecule has 0 amide bonds. The highest BCUT2D eigenvalue weighted by Crippen LogP contribution is 2.51. The van der Waals surface area contributed by atoms with Gasteiger partial charge in [-0.1, -0.05) is 84.9 Å². The molecule has 8 aromatic rings. The van der Waals surface area contributed by atoms with E-state index in [1.54, 1.807) is 0 Å². The number of benzene rings is 8. The molecule has 2 aliphatic carbocycles. The molecule has 12 aliphatic rings. The maximum absolute atomic E-state index is 10.0. The highest BCUT2D eigenvalue weighted by Gasteiger charge is 2.26. The van der Waals surface area contributed by atoms with E-state index < -0.39 is 0 Å². The monoisotopic (exact) mass is 774 g/mol. The second-order valence-corrected chi connectivity index (χ2v) is 15.1. The van der Waals surface area contributed by atoms with Gasteiger partial charge >= 0.3 is 0 Å². The second-order valence-electron chi connectivity index (χ2n) is 15.1. The second kappa shape index (κ2) is 14.4. The van der Waals surface area contributed by atoms with Crippen molar-refractivity contribution in [3.63, 3.8) is 0 Å². The third-order valence-electron chi connectivity index (χ3n) is 11.7. The number of nitriles is 2. The van der Waals surface area contributed by atoms with Crippen LogP contribution >= 0.6 is 0 Å². The van der Waals surface area contributed by atoms with E-state index >= 15 is 0 Å². The van der Waals surface area contributed by atoms with Crippen molar-refractivity contribution >= 4 is 0 Å². The van der Waals surface area contributed by atoms with Gasteiger partial charge < -0.3 is 18.9 Å². The first-order valence-electron chi connectivity index (χ1n) is 20.0. The third-order valence-corrected chi connectivity index (χ3v) is 11.7. The lowest BCUT2D eigenvalue weighted by Gasteiger charge is -2.25. The van der Waals surface area contributed by atoms with Gasteiger partial charge in [-0.05, 0) is 162 Å². The van der Waals surface area contributed by atoms with Gasteiger partial charge in [-0.3, -0.25) is 0 Å². The van der Waals surface area contributed by atoms with Gasteiger partial charge in [0, 0.05) is 0 Å². The fraction of sp³-hybridized carbons (Fsp3) is 0.0741. The summed E-state index contributed by atoms with van der Waals surface area (Å²) in [4.78, 5) is 0. The van der Waals surface area contributed by atoms with E-state index in [1.165, 1.54) is 0 Å². The van der Waals surface area contributed by atoms with Gasteiger partial charge in [0.1, 0.15) is 49.4 Å². The lowest BCUT2D eigenvalue weighted by atomic mass is 9.80. The Balaban J connectivity index is 1.06. The highest BCUT2D eigenvalue weighted by molar-refractivity contribution is 6.05. The largest absolute Gasteiger partial charge is 0.490 e. The first-order valence-corrected chi connectivity index (χ1v) is 20.0. The normalized spacial score (nSPS) is 12.9. The summed E-state index contributed by atoms with van der Waals surface area (Å²) in [6.45, 7) is 1.27. The Bertz CT molecular complexity index is 2940. The SMILES string of the molecule is N#Cc1ccc2c(c1)-c1cc3ccc1-c1ccccc1-c1cc(ccc1-2)OCCOc1ccc2c(c1)-c1cc(C#N)ccc1-c1ccc(cc1-c1ccccc1-2)OCCO3. The maximum Gasteiger partial charge on any atom is 0.122 e. The lowest BCUT2D eigenvalue weighted by molar-refractivity contribution is 0.217. The minimum atomic E-state index is 0.317. The molecule has 0 fully saturated rings. The van der Waals surface area contributed by atoms with Crippen LogP contribution < -0.4 is 18.9 Å². The van der Waals surface area contributed by atoms with E-state index in [1.807, 2.05) is 60.7 Å². The Hall–Kier alpha value is -8.06. The summed E-state index contributed by atoms with van der Waals surface area (Å²) >= 11 is 0. The van der Waals surface area contributed by atoms with Crippen molar-refractivity contribution in [2.45, 2.75) is 0 Å². The quantitative estimate of drug-likeness (QED) is 0.153. The topological polar surface area (TPSA) is 84.5 Å². The summed E-state index contributed by atoms with van der Waals surface area (Å²) in [5.74, 6) is 2.87. The van der Waals surface area contributed by atoms with E-state index in [0.29, 0.717) is 49.1 Å². The standard InChI is InChI=1S/C54H34N2O4/c55-31-33-9-15-43-47-19-13-35-27-51(47)41-7-3-1-5-39(41)45-17-11-37(29-53(45)49(43)25-33)59-23-22-58-36-14-20-48-44-16-10-34(32-56)26-50(44)54-30-38(60-24-21-57-35)12-18-46(54)40-6-2-4-8-42(40)52(48)28-36/h1-20,25-30H,21-24H2. The number of ether oxygens (including phenoxy) is 4. The Kier molecular flexibility index (Phi) is 8.43. The third kappa shape index (κ3) is 5.94. The first kappa shape index (κ1) is 35.1. The molecule has 12 bridgehead atoms. The number of hydrogen-bond donors (Lipinski definition) is 0. The fourth-order valence-electron chi connectivity index (χ4n) is 8.97. The molecule has 0 saturated carbocycles.